The quantitative estimate of drug-likeness (QED) is 0.150. The number of aromatic nitrogens is 3. The van der Waals surface area contributed by atoms with Crippen LogP contribution in [0.5, 0.6) is 5.75 Å². The maximum Gasteiger partial charge on any atom is 0.261 e. The van der Waals surface area contributed by atoms with Gasteiger partial charge in [-0.25, -0.2) is 0 Å². The molecule has 3 aromatic carbocycles. The lowest BCUT2D eigenvalue weighted by molar-refractivity contribution is -0.143. The van der Waals surface area contributed by atoms with Gasteiger partial charge in [0.1, 0.15) is 5.75 Å². The maximum absolute atomic E-state index is 14.1. The number of nitrogens with one attached hydrogen (secondary N) is 2. The third kappa shape index (κ3) is 5.57. The normalized spacial score (nSPS) is 22.1. The maximum atomic E-state index is 14.1. The summed E-state index contributed by atoms with van der Waals surface area (Å²) >= 11 is 0. The van der Waals surface area contributed by atoms with Crippen LogP contribution in [-0.2, 0) is 28.1 Å². The molecule has 1 spiro atoms. The van der Waals surface area contributed by atoms with Crippen LogP contribution in [-0.4, -0.2) is 59.8 Å². The fourth-order valence-corrected chi connectivity index (χ4v) is 11.3. The Morgan fingerprint density at radius 3 is 2.59 bits per heavy atom. The highest BCUT2D eigenvalue weighted by molar-refractivity contribution is 6.91. The van der Waals surface area contributed by atoms with Gasteiger partial charge in [-0.2, -0.15) is 0 Å². The Labute approximate surface area is 269 Å². The molecule has 0 unspecified atom stereocenters. The van der Waals surface area contributed by atoms with Crippen molar-refractivity contribution in [1.82, 2.24) is 15.0 Å². The van der Waals surface area contributed by atoms with Gasteiger partial charge in [-0.1, -0.05) is 42.6 Å². The lowest BCUT2D eigenvalue weighted by Crippen LogP contribution is -2.51. The van der Waals surface area contributed by atoms with Gasteiger partial charge in [-0.3, -0.25) is 14.3 Å². The van der Waals surface area contributed by atoms with Crippen molar-refractivity contribution in [2.24, 2.45) is 5.92 Å². The largest absolute Gasteiger partial charge is 0.497 e. The molecule has 4 atom stereocenters. The number of carbonyl (C=O) groups excluding carboxylic acids is 2. The number of methoxy groups -OCH3 is 1. The topological polar surface area (TPSA) is 154 Å². The number of carbonyl (C=O) groups is 2. The van der Waals surface area contributed by atoms with Gasteiger partial charge in [0.15, 0.2) is 5.60 Å². The van der Waals surface area contributed by atoms with Crippen molar-refractivity contribution in [2.75, 3.05) is 30.1 Å². The number of fused-ring (bicyclic) bond motifs is 2. The van der Waals surface area contributed by atoms with Crippen molar-refractivity contribution in [3.63, 3.8) is 0 Å². The molecule has 1 fully saturated rings. The van der Waals surface area contributed by atoms with Crippen molar-refractivity contribution in [3.05, 3.63) is 89.7 Å². The summed E-state index contributed by atoms with van der Waals surface area (Å²) in [5.41, 5.74) is 8.35. The van der Waals surface area contributed by atoms with E-state index in [0.717, 1.165) is 17.0 Å². The minimum Gasteiger partial charge on any atom is -0.497 e. The number of hydrogen-bond donors (Lipinski definition) is 4. The van der Waals surface area contributed by atoms with Crippen LogP contribution in [0.1, 0.15) is 35.0 Å². The molecular formula is C34H40N6O5Si. The Morgan fingerprint density at radius 1 is 1.15 bits per heavy atom. The van der Waals surface area contributed by atoms with E-state index in [9.17, 15) is 14.7 Å². The highest BCUT2D eigenvalue weighted by atomic mass is 28.3. The van der Waals surface area contributed by atoms with Crippen LogP contribution in [0.25, 0.3) is 0 Å². The summed E-state index contributed by atoms with van der Waals surface area (Å²) in [6.07, 6.45) is 2.63. The third-order valence-electron chi connectivity index (χ3n) is 9.62. The first kappa shape index (κ1) is 31.5. The number of aliphatic hydroxyl groups excluding tert-OH is 1. The molecule has 11 nitrogen and oxygen atoms in total. The molecule has 0 aliphatic carbocycles. The van der Waals surface area contributed by atoms with E-state index < -0.39 is 13.7 Å². The molecule has 5 N–H and O–H groups in total. The number of hydrogen-bond acceptors (Lipinski definition) is 8. The van der Waals surface area contributed by atoms with Gasteiger partial charge in [0.2, 0.25) is 0 Å². The number of rotatable bonds is 10. The summed E-state index contributed by atoms with van der Waals surface area (Å²) in [4.78, 5) is 27.1. The Kier molecular flexibility index (Phi) is 8.44. The first-order valence-corrected chi connectivity index (χ1v) is 18.6. The van der Waals surface area contributed by atoms with Crippen LogP contribution in [0.3, 0.4) is 0 Å². The first-order valence-electron chi connectivity index (χ1n) is 15.5. The van der Waals surface area contributed by atoms with Gasteiger partial charge >= 0.3 is 0 Å². The van der Waals surface area contributed by atoms with Crippen molar-refractivity contribution in [3.8, 4) is 5.75 Å². The number of aliphatic hydroxyl groups is 1. The molecule has 2 amide bonds. The molecule has 46 heavy (non-hydrogen) atoms. The molecule has 240 valence electrons. The molecule has 3 heterocycles. The van der Waals surface area contributed by atoms with Crippen LogP contribution in [0.15, 0.2) is 72.9 Å². The molecule has 0 radical (unpaired) electrons. The lowest BCUT2D eigenvalue weighted by atomic mass is 9.82. The average Bonchev–Trinajstić information content (AvgIpc) is 3.71. The molecule has 4 aromatic rings. The predicted molar refractivity (Wildman–Crippen MR) is 179 cm³/mol. The number of benzene rings is 3. The zero-order valence-corrected chi connectivity index (χ0v) is 27.5. The van der Waals surface area contributed by atoms with Gasteiger partial charge in [-0.05, 0) is 66.6 Å². The summed E-state index contributed by atoms with van der Waals surface area (Å²) in [5, 5.41) is 25.0. The lowest BCUT2D eigenvalue weighted by Gasteiger charge is -2.37. The van der Waals surface area contributed by atoms with Gasteiger partial charge < -0.3 is 30.9 Å². The van der Waals surface area contributed by atoms with E-state index in [1.807, 2.05) is 30.5 Å². The molecule has 2 aliphatic rings. The standard InChI is InChI=1S/C34H40N6O5Si/c1-21-31(46(3,4)27-12-10-26(44-2)11-13-27)30(15-17-40-20-25(16-18-41)38-39-40)45-34(21)28-19-24(9-14-29(28)37-33(34)43)36-32(42)22-5-7-23(35)8-6-22/h5-14,19-21,30-31,41H,15-18,35H2,1-4H3,(H,36,42)(H,37,43)/t21-,30+,31-,34+/m1/s1. The van der Waals surface area contributed by atoms with Crippen LogP contribution in [0.2, 0.25) is 18.6 Å². The Hall–Kier alpha value is -4.52. The summed E-state index contributed by atoms with van der Waals surface area (Å²) in [7, 11) is -0.650. The van der Waals surface area contributed by atoms with Gasteiger partial charge in [0.25, 0.3) is 11.8 Å². The fourth-order valence-electron chi connectivity index (χ4n) is 7.25. The van der Waals surface area contributed by atoms with Crippen molar-refractivity contribution in [1.29, 1.82) is 0 Å². The Balaban J connectivity index is 1.36. The summed E-state index contributed by atoms with van der Waals surface area (Å²) < 4.78 is 14.2. The number of aryl methyl sites for hydroxylation is 1. The molecule has 12 heteroatoms. The van der Waals surface area contributed by atoms with Crippen LogP contribution in [0.4, 0.5) is 17.1 Å². The molecule has 1 aromatic heterocycles. The van der Waals surface area contributed by atoms with E-state index in [4.69, 9.17) is 15.2 Å². The van der Waals surface area contributed by atoms with Crippen LogP contribution in [0, 0.1) is 5.92 Å². The zero-order chi connectivity index (χ0) is 32.6. The fraction of sp³-hybridized carbons (Fsp3) is 0.353. The van der Waals surface area contributed by atoms with Crippen molar-refractivity contribution < 1.29 is 24.2 Å². The van der Waals surface area contributed by atoms with E-state index in [1.54, 1.807) is 42.1 Å². The molecule has 2 aliphatic heterocycles. The number of nitrogen functional groups attached to an aromatic ring is 1. The summed E-state index contributed by atoms with van der Waals surface area (Å²) in [6, 6.07) is 20.4. The molecule has 1 saturated heterocycles. The third-order valence-corrected chi connectivity index (χ3v) is 14.0. The van der Waals surface area contributed by atoms with Crippen LogP contribution >= 0.6 is 0 Å². The average molecular weight is 641 g/mol. The second-order valence-electron chi connectivity index (χ2n) is 12.7. The van der Waals surface area contributed by atoms with E-state index in [1.165, 1.54) is 5.19 Å². The number of ether oxygens (including phenoxy) is 2. The Bertz CT molecular complexity index is 1740. The van der Waals surface area contributed by atoms with Gasteiger partial charge in [0, 0.05) is 59.9 Å². The highest BCUT2D eigenvalue weighted by Gasteiger charge is 2.64. The molecular weight excluding hydrogens is 600 g/mol. The first-order chi connectivity index (χ1) is 22.1. The van der Waals surface area contributed by atoms with E-state index in [-0.39, 0.29) is 36.0 Å². The zero-order valence-electron chi connectivity index (χ0n) is 26.5. The van der Waals surface area contributed by atoms with E-state index >= 15 is 0 Å². The van der Waals surface area contributed by atoms with E-state index in [0.29, 0.717) is 42.0 Å². The SMILES string of the molecule is COc1ccc([Si](C)(C)[C@H]2[C@H](CCn3cc(CCO)nn3)O[C@@]3(C(=O)Nc4ccc(NC(=O)c5ccc(N)cc5)cc43)[C@@H]2C)cc1. The number of amides is 2. The van der Waals surface area contributed by atoms with Crippen molar-refractivity contribution in [2.45, 2.75) is 56.7 Å². The second kappa shape index (κ2) is 12.3. The number of nitrogens with zero attached hydrogens (tertiary/aromatic N) is 3. The van der Waals surface area contributed by atoms with E-state index in [2.05, 4.69) is 53.1 Å². The summed E-state index contributed by atoms with van der Waals surface area (Å²) in [5.74, 6) is 0.130. The van der Waals surface area contributed by atoms with Gasteiger partial charge in [-0.15, -0.1) is 5.10 Å². The smallest absolute Gasteiger partial charge is 0.261 e. The molecule has 0 saturated carbocycles. The second-order valence-corrected chi connectivity index (χ2v) is 17.4. The number of nitrogens with two attached hydrogens (primary N) is 1. The number of anilines is 3. The monoisotopic (exact) mass is 640 g/mol. The minimum atomic E-state index is -2.31. The predicted octanol–water partition coefficient (Wildman–Crippen LogP) is 3.91. The molecule has 0 bridgehead atoms. The Morgan fingerprint density at radius 2 is 1.89 bits per heavy atom. The highest BCUT2D eigenvalue weighted by Crippen LogP contribution is 2.59. The van der Waals surface area contributed by atoms with Crippen molar-refractivity contribution >= 4 is 42.1 Å². The van der Waals surface area contributed by atoms with Gasteiger partial charge in [0.05, 0.1) is 27.0 Å². The van der Waals surface area contributed by atoms with Crippen LogP contribution < -0.4 is 26.3 Å². The summed E-state index contributed by atoms with van der Waals surface area (Å²) in [6.45, 7) is 7.33. The molecule has 6 rings (SSSR count). The minimum absolute atomic E-state index is 0.00509.